The van der Waals surface area contributed by atoms with Crippen LogP contribution in [0.5, 0.6) is 0 Å². The van der Waals surface area contributed by atoms with E-state index in [0.29, 0.717) is 6.04 Å². The third-order valence-corrected chi connectivity index (χ3v) is 4.13. The number of rotatable bonds is 4. The van der Waals surface area contributed by atoms with Crippen molar-refractivity contribution in [3.8, 4) is 11.3 Å². The summed E-state index contributed by atoms with van der Waals surface area (Å²) in [7, 11) is 0. The fourth-order valence-corrected chi connectivity index (χ4v) is 3.16. The number of hydrogen-bond donors (Lipinski definition) is 1. The molecule has 0 bridgehead atoms. The molecule has 1 aromatic heterocycles. The Labute approximate surface area is 120 Å². The molecular formula is C17H22N2O. The summed E-state index contributed by atoms with van der Waals surface area (Å²) in [5.74, 6) is 0. The zero-order valence-electron chi connectivity index (χ0n) is 12.3. The van der Waals surface area contributed by atoms with Gasteiger partial charge in [0, 0.05) is 17.2 Å². The quantitative estimate of drug-likeness (QED) is 0.911. The molecule has 0 radical (unpaired) electrons. The molecule has 20 heavy (non-hydrogen) atoms. The molecule has 1 unspecified atom stereocenters. The highest BCUT2D eigenvalue weighted by Crippen LogP contribution is 2.37. The summed E-state index contributed by atoms with van der Waals surface area (Å²) in [4.78, 5) is 0. The summed E-state index contributed by atoms with van der Waals surface area (Å²) in [6.07, 6.45) is 6.53. The summed E-state index contributed by atoms with van der Waals surface area (Å²) < 4.78 is 5.14. The van der Waals surface area contributed by atoms with Crippen molar-refractivity contribution in [1.29, 1.82) is 0 Å². The fraction of sp³-hybridized carbons (Fsp3) is 0.471. The third kappa shape index (κ3) is 2.38. The summed E-state index contributed by atoms with van der Waals surface area (Å²) in [5.41, 5.74) is 6.24. The maximum absolute atomic E-state index is 5.14. The molecule has 3 rings (SSSR count). The molecule has 1 aliphatic rings. The van der Waals surface area contributed by atoms with Gasteiger partial charge in [-0.3, -0.25) is 0 Å². The monoisotopic (exact) mass is 270 g/mol. The molecule has 1 atom stereocenters. The molecule has 1 aromatic carbocycles. The largest absolute Gasteiger partial charge is 0.364 e. The molecule has 0 aliphatic heterocycles. The summed E-state index contributed by atoms with van der Waals surface area (Å²) in [6.45, 7) is 5.34. The van der Waals surface area contributed by atoms with Gasteiger partial charge in [-0.05, 0) is 50.3 Å². The van der Waals surface area contributed by atoms with E-state index in [0.717, 1.165) is 24.2 Å². The van der Waals surface area contributed by atoms with Gasteiger partial charge in [0.15, 0.2) is 0 Å². The van der Waals surface area contributed by atoms with E-state index in [1.54, 1.807) is 6.26 Å². The Morgan fingerprint density at radius 1 is 1.40 bits per heavy atom. The Morgan fingerprint density at radius 3 is 3.05 bits per heavy atom. The zero-order chi connectivity index (χ0) is 13.9. The Morgan fingerprint density at radius 2 is 2.30 bits per heavy atom. The first-order chi connectivity index (χ1) is 9.81. The molecule has 1 aliphatic carbocycles. The lowest BCUT2D eigenvalue weighted by molar-refractivity contribution is 0.421. The van der Waals surface area contributed by atoms with Gasteiger partial charge in [0.1, 0.15) is 12.0 Å². The van der Waals surface area contributed by atoms with Crippen LogP contribution in [0.1, 0.15) is 48.9 Å². The summed E-state index contributed by atoms with van der Waals surface area (Å²) in [6, 6.07) is 7.03. The Hall–Kier alpha value is -1.61. The molecule has 0 spiro atoms. The molecule has 0 fully saturated rings. The van der Waals surface area contributed by atoms with E-state index in [1.165, 1.54) is 36.0 Å². The van der Waals surface area contributed by atoms with Crippen molar-refractivity contribution in [2.45, 2.75) is 45.6 Å². The Bertz CT molecular complexity index is 588. The number of benzene rings is 1. The van der Waals surface area contributed by atoms with Gasteiger partial charge < -0.3 is 9.84 Å². The Balaban J connectivity index is 2.06. The molecule has 106 valence electrons. The molecule has 3 heteroatoms. The number of aromatic nitrogens is 1. The molecule has 1 N–H and O–H groups in total. The normalized spacial score (nSPS) is 18.0. The SMILES string of the molecule is CCCNC1CCCc2cccc(-c3nocc3C)c21. The van der Waals surface area contributed by atoms with Gasteiger partial charge in [-0.1, -0.05) is 30.3 Å². The minimum absolute atomic E-state index is 0.450. The topological polar surface area (TPSA) is 38.1 Å². The van der Waals surface area contributed by atoms with Crippen molar-refractivity contribution < 1.29 is 4.52 Å². The number of nitrogens with one attached hydrogen (secondary N) is 1. The zero-order valence-corrected chi connectivity index (χ0v) is 12.3. The minimum atomic E-state index is 0.450. The standard InChI is InChI=1S/C17H22N2O/c1-3-10-18-15-9-5-7-13-6-4-8-14(16(13)15)17-12(2)11-20-19-17/h4,6,8,11,15,18H,3,5,7,9-10H2,1-2H3. The average molecular weight is 270 g/mol. The predicted molar refractivity (Wildman–Crippen MR) is 80.6 cm³/mol. The van der Waals surface area contributed by atoms with Gasteiger partial charge in [-0.15, -0.1) is 0 Å². The van der Waals surface area contributed by atoms with Crippen molar-refractivity contribution in [2.24, 2.45) is 0 Å². The lowest BCUT2D eigenvalue weighted by Crippen LogP contribution is -2.26. The highest BCUT2D eigenvalue weighted by molar-refractivity contribution is 5.68. The van der Waals surface area contributed by atoms with E-state index in [4.69, 9.17) is 4.52 Å². The minimum Gasteiger partial charge on any atom is -0.364 e. The molecule has 2 aromatic rings. The molecule has 3 nitrogen and oxygen atoms in total. The van der Waals surface area contributed by atoms with Crippen molar-refractivity contribution in [3.63, 3.8) is 0 Å². The van der Waals surface area contributed by atoms with Crippen molar-refractivity contribution in [2.75, 3.05) is 6.54 Å². The second-order valence-corrected chi connectivity index (χ2v) is 5.62. The first-order valence-corrected chi connectivity index (χ1v) is 7.57. The molecular weight excluding hydrogens is 248 g/mol. The smallest absolute Gasteiger partial charge is 0.127 e. The number of nitrogens with zero attached hydrogens (tertiary/aromatic N) is 1. The second kappa shape index (κ2) is 5.80. The molecule has 1 heterocycles. The van der Waals surface area contributed by atoms with Gasteiger partial charge in [-0.25, -0.2) is 0 Å². The van der Waals surface area contributed by atoms with Crippen molar-refractivity contribution >= 4 is 0 Å². The Kier molecular flexibility index (Phi) is 3.88. The average Bonchev–Trinajstić information content (AvgIpc) is 2.90. The van der Waals surface area contributed by atoms with E-state index < -0.39 is 0 Å². The van der Waals surface area contributed by atoms with Gasteiger partial charge >= 0.3 is 0 Å². The van der Waals surface area contributed by atoms with E-state index in [9.17, 15) is 0 Å². The van der Waals surface area contributed by atoms with Crippen LogP contribution in [0.2, 0.25) is 0 Å². The second-order valence-electron chi connectivity index (χ2n) is 5.62. The van der Waals surface area contributed by atoms with Crippen LogP contribution in [0.25, 0.3) is 11.3 Å². The molecule has 0 saturated carbocycles. The van der Waals surface area contributed by atoms with E-state index in [1.807, 2.05) is 0 Å². The lowest BCUT2D eigenvalue weighted by Gasteiger charge is -2.28. The van der Waals surface area contributed by atoms with Crippen LogP contribution < -0.4 is 5.32 Å². The van der Waals surface area contributed by atoms with Crippen LogP contribution >= 0.6 is 0 Å². The van der Waals surface area contributed by atoms with Crippen LogP contribution in [0.4, 0.5) is 0 Å². The predicted octanol–water partition coefficient (Wildman–Crippen LogP) is 4.03. The first-order valence-electron chi connectivity index (χ1n) is 7.57. The van der Waals surface area contributed by atoms with Crippen LogP contribution in [-0.2, 0) is 6.42 Å². The van der Waals surface area contributed by atoms with Gasteiger partial charge in [0.05, 0.1) is 0 Å². The lowest BCUT2D eigenvalue weighted by atomic mass is 9.83. The third-order valence-electron chi connectivity index (χ3n) is 4.13. The summed E-state index contributed by atoms with van der Waals surface area (Å²) in [5, 5.41) is 7.90. The van der Waals surface area contributed by atoms with Crippen molar-refractivity contribution in [3.05, 3.63) is 41.2 Å². The van der Waals surface area contributed by atoms with Crippen molar-refractivity contribution in [1.82, 2.24) is 10.5 Å². The van der Waals surface area contributed by atoms with E-state index in [2.05, 4.69) is 42.5 Å². The number of fused-ring (bicyclic) bond motifs is 1. The fourth-order valence-electron chi connectivity index (χ4n) is 3.16. The van der Waals surface area contributed by atoms with Crippen LogP contribution in [-0.4, -0.2) is 11.7 Å². The highest BCUT2D eigenvalue weighted by atomic mass is 16.5. The van der Waals surface area contributed by atoms with E-state index in [-0.39, 0.29) is 0 Å². The maximum atomic E-state index is 5.14. The van der Waals surface area contributed by atoms with Crippen LogP contribution in [0.3, 0.4) is 0 Å². The van der Waals surface area contributed by atoms with Gasteiger partial charge in [-0.2, -0.15) is 0 Å². The van der Waals surface area contributed by atoms with E-state index >= 15 is 0 Å². The first kappa shape index (κ1) is 13.4. The van der Waals surface area contributed by atoms with Gasteiger partial charge in [0.2, 0.25) is 0 Å². The van der Waals surface area contributed by atoms with Crippen LogP contribution in [0.15, 0.2) is 29.0 Å². The van der Waals surface area contributed by atoms with Crippen LogP contribution in [0, 0.1) is 6.92 Å². The van der Waals surface area contributed by atoms with Gasteiger partial charge in [0.25, 0.3) is 0 Å². The summed E-state index contributed by atoms with van der Waals surface area (Å²) >= 11 is 0. The molecule has 0 saturated heterocycles. The number of aryl methyl sites for hydroxylation is 2. The highest BCUT2D eigenvalue weighted by Gasteiger charge is 2.24. The molecule has 0 amide bonds. The number of hydrogen-bond acceptors (Lipinski definition) is 3. The maximum Gasteiger partial charge on any atom is 0.127 e.